The van der Waals surface area contributed by atoms with Crippen molar-refractivity contribution in [2.75, 3.05) is 0 Å². The van der Waals surface area contributed by atoms with Crippen LogP contribution in [0.15, 0.2) is 65.2 Å². The Hall–Kier alpha value is -2.61. The van der Waals surface area contributed by atoms with E-state index in [0.29, 0.717) is 5.92 Å². The van der Waals surface area contributed by atoms with E-state index in [4.69, 9.17) is 4.42 Å². The summed E-state index contributed by atoms with van der Waals surface area (Å²) >= 11 is 0. The van der Waals surface area contributed by atoms with Gasteiger partial charge >= 0.3 is 0 Å². The Bertz CT molecular complexity index is 951. The van der Waals surface area contributed by atoms with Gasteiger partial charge in [0.15, 0.2) is 0 Å². The molecule has 0 bridgehead atoms. The monoisotopic (exact) mass is 287 g/mol. The normalized spacial score (nSPS) is 11.6. The third-order valence-corrected chi connectivity index (χ3v) is 4.12. The van der Waals surface area contributed by atoms with E-state index in [-0.39, 0.29) is 0 Å². The second-order valence-electron chi connectivity index (χ2n) is 5.94. The van der Waals surface area contributed by atoms with Gasteiger partial charge in [-0.1, -0.05) is 38.1 Å². The average molecular weight is 287 g/mol. The third-order valence-electron chi connectivity index (χ3n) is 4.12. The molecule has 2 nitrogen and oxygen atoms in total. The molecule has 108 valence electrons. The number of rotatable bonds is 2. The number of furan rings is 1. The molecular weight excluding hydrogens is 270 g/mol. The SMILES string of the molecule is CC(C)c1ccc2c(c1)oc1cc(-c3ccccn3)ccc12. The Morgan fingerprint density at radius 1 is 0.864 bits per heavy atom. The fraction of sp³-hybridized carbons (Fsp3) is 0.150. The summed E-state index contributed by atoms with van der Waals surface area (Å²) in [5, 5.41) is 2.33. The smallest absolute Gasteiger partial charge is 0.136 e. The highest BCUT2D eigenvalue weighted by Gasteiger charge is 2.10. The summed E-state index contributed by atoms with van der Waals surface area (Å²) in [4.78, 5) is 4.41. The van der Waals surface area contributed by atoms with Crippen molar-refractivity contribution < 1.29 is 4.42 Å². The Balaban J connectivity index is 1.91. The first-order valence-electron chi connectivity index (χ1n) is 7.60. The second-order valence-corrected chi connectivity index (χ2v) is 5.94. The van der Waals surface area contributed by atoms with Crippen molar-refractivity contribution in [1.82, 2.24) is 4.98 Å². The van der Waals surface area contributed by atoms with Crippen molar-refractivity contribution >= 4 is 21.9 Å². The van der Waals surface area contributed by atoms with Gasteiger partial charge in [-0.25, -0.2) is 0 Å². The molecule has 2 heterocycles. The van der Waals surface area contributed by atoms with E-state index < -0.39 is 0 Å². The number of pyridine rings is 1. The largest absolute Gasteiger partial charge is 0.456 e. The number of benzene rings is 2. The van der Waals surface area contributed by atoms with Crippen LogP contribution in [0.5, 0.6) is 0 Å². The zero-order chi connectivity index (χ0) is 15.1. The molecule has 4 aromatic rings. The van der Waals surface area contributed by atoms with Crippen LogP contribution in [0, 0.1) is 0 Å². The topological polar surface area (TPSA) is 26.0 Å². The van der Waals surface area contributed by atoms with E-state index >= 15 is 0 Å². The molecular formula is C20H17NO. The lowest BCUT2D eigenvalue weighted by Crippen LogP contribution is -1.85. The maximum Gasteiger partial charge on any atom is 0.136 e. The summed E-state index contributed by atoms with van der Waals surface area (Å²) in [6.07, 6.45) is 1.81. The summed E-state index contributed by atoms with van der Waals surface area (Å²) < 4.78 is 6.08. The minimum absolute atomic E-state index is 0.502. The molecule has 0 unspecified atom stereocenters. The van der Waals surface area contributed by atoms with Crippen molar-refractivity contribution in [1.29, 1.82) is 0 Å². The van der Waals surface area contributed by atoms with Gasteiger partial charge in [0.05, 0.1) is 5.69 Å². The molecule has 0 radical (unpaired) electrons. The summed E-state index contributed by atoms with van der Waals surface area (Å²) in [5.74, 6) is 0.502. The predicted molar refractivity (Wildman–Crippen MR) is 91.0 cm³/mol. The van der Waals surface area contributed by atoms with Crippen LogP contribution < -0.4 is 0 Å². The van der Waals surface area contributed by atoms with E-state index in [1.54, 1.807) is 0 Å². The Labute approximate surface area is 129 Å². The lowest BCUT2D eigenvalue weighted by molar-refractivity contribution is 0.667. The quantitative estimate of drug-likeness (QED) is 0.467. The number of fused-ring (bicyclic) bond motifs is 3. The molecule has 0 aliphatic carbocycles. The fourth-order valence-corrected chi connectivity index (χ4v) is 2.85. The molecule has 0 aliphatic rings. The van der Waals surface area contributed by atoms with Gasteiger partial charge in [-0.2, -0.15) is 0 Å². The molecule has 2 aromatic carbocycles. The molecule has 0 N–H and O–H groups in total. The number of aromatic nitrogens is 1. The van der Waals surface area contributed by atoms with Crippen molar-refractivity contribution in [2.45, 2.75) is 19.8 Å². The molecule has 0 fully saturated rings. The van der Waals surface area contributed by atoms with Gasteiger partial charge in [-0.3, -0.25) is 4.98 Å². The first kappa shape index (κ1) is 13.1. The highest BCUT2D eigenvalue weighted by molar-refractivity contribution is 6.06. The highest BCUT2D eigenvalue weighted by atomic mass is 16.3. The van der Waals surface area contributed by atoms with Crippen LogP contribution in [-0.4, -0.2) is 4.98 Å². The first-order chi connectivity index (χ1) is 10.7. The van der Waals surface area contributed by atoms with Crippen LogP contribution >= 0.6 is 0 Å². The highest BCUT2D eigenvalue weighted by Crippen LogP contribution is 2.33. The Kier molecular flexibility index (Phi) is 2.97. The maximum absolute atomic E-state index is 6.08. The lowest BCUT2D eigenvalue weighted by atomic mass is 10.0. The van der Waals surface area contributed by atoms with Crippen LogP contribution in [0.4, 0.5) is 0 Å². The van der Waals surface area contributed by atoms with Crippen molar-refractivity contribution in [2.24, 2.45) is 0 Å². The molecule has 0 atom stereocenters. The molecule has 0 spiro atoms. The zero-order valence-corrected chi connectivity index (χ0v) is 12.7. The van der Waals surface area contributed by atoms with Gasteiger partial charge in [-0.05, 0) is 41.8 Å². The Morgan fingerprint density at radius 3 is 2.36 bits per heavy atom. The first-order valence-corrected chi connectivity index (χ1v) is 7.60. The lowest BCUT2D eigenvalue weighted by Gasteiger charge is -2.03. The minimum Gasteiger partial charge on any atom is -0.456 e. The average Bonchev–Trinajstić information content (AvgIpc) is 2.92. The zero-order valence-electron chi connectivity index (χ0n) is 12.7. The molecule has 0 saturated carbocycles. The molecule has 22 heavy (non-hydrogen) atoms. The minimum atomic E-state index is 0.502. The Morgan fingerprint density at radius 2 is 1.64 bits per heavy atom. The molecule has 0 aliphatic heterocycles. The number of hydrogen-bond acceptors (Lipinski definition) is 2. The van der Waals surface area contributed by atoms with E-state index in [9.17, 15) is 0 Å². The van der Waals surface area contributed by atoms with Gasteiger partial charge in [-0.15, -0.1) is 0 Å². The standard InChI is InChI=1S/C20H17NO/c1-13(2)14-6-8-16-17-9-7-15(18-5-3-4-10-21-18)12-20(17)22-19(16)11-14/h3-13H,1-2H3. The van der Waals surface area contributed by atoms with Crippen LogP contribution in [0.2, 0.25) is 0 Å². The van der Waals surface area contributed by atoms with Gasteiger partial charge in [0.25, 0.3) is 0 Å². The summed E-state index contributed by atoms with van der Waals surface area (Å²) in [7, 11) is 0. The molecule has 2 aromatic heterocycles. The number of nitrogens with zero attached hydrogens (tertiary/aromatic N) is 1. The van der Waals surface area contributed by atoms with E-state index in [0.717, 1.165) is 27.8 Å². The molecule has 0 amide bonds. The second kappa shape index (κ2) is 4.99. The maximum atomic E-state index is 6.08. The van der Waals surface area contributed by atoms with Crippen molar-refractivity contribution in [3.8, 4) is 11.3 Å². The van der Waals surface area contributed by atoms with E-state index in [1.807, 2.05) is 24.4 Å². The van der Waals surface area contributed by atoms with Crippen LogP contribution in [0.3, 0.4) is 0 Å². The molecule has 0 saturated heterocycles. The van der Waals surface area contributed by atoms with Crippen LogP contribution in [0.25, 0.3) is 33.2 Å². The third kappa shape index (κ3) is 2.08. The van der Waals surface area contributed by atoms with Gasteiger partial charge < -0.3 is 4.42 Å². The van der Waals surface area contributed by atoms with E-state index in [1.165, 1.54) is 10.9 Å². The number of hydrogen-bond donors (Lipinski definition) is 0. The van der Waals surface area contributed by atoms with Crippen LogP contribution in [-0.2, 0) is 0 Å². The predicted octanol–water partition coefficient (Wildman–Crippen LogP) is 5.77. The molecule has 2 heteroatoms. The van der Waals surface area contributed by atoms with Crippen LogP contribution in [0.1, 0.15) is 25.3 Å². The van der Waals surface area contributed by atoms with Crippen molar-refractivity contribution in [3.63, 3.8) is 0 Å². The van der Waals surface area contributed by atoms with Gasteiger partial charge in [0, 0.05) is 22.5 Å². The van der Waals surface area contributed by atoms with Gasteiger partial charge in [0.2, 0.25) is 0 Å². The summed E-state index contributed by atoms with van der Waals surface area (Å²) in [6, 6.07) is 18.8. The van der Waals surface area contributed by atoms with Crippen molar-refractivity contribution in [3.05, 3.63) is 66.4 Å². The summed E-state index contributed by atoms with van der Waals surface area (Å²) in [6.45, 7) is 4.39. The van der Waals surface area contributed by atoms with Gasteiger partial charge in [0.1, 0.15) is 11.2 Å². The summed E-state index contributed by atoms with van der Waals surface area (Å²) in [5.41, 5.74) is 5.22. The fourth-order valence-electron chi connectivity index (χ4n) is 2.85. The molecule has 4 rings (SSSR count). The van der Waals surface area contributed by atoms with E-state index in [2.05, 4.69) is 55.2 Å².